The van der Waals surface area contributed by atoms with Crippen LogP contribution in [0, 0.1) is 0 Å². The van der Waals surface area contributed by atoms with Crippen molar-refractivity contribution in [2.75, 3.05) is 6.26 Å². The third-order valence-electron chi connectivity index (χ3n) is 3.40. The highest BCUT2D eigenvalue weighted by molar-refractivity contribution is 7.98. The van der Waals surface area contributed by atoms with E-state index >= 15 is 0 Å². The lowest BCUT2D eigenvalue weighted by atomic mass is 9.99. The highest BCUT2D eigenvalue weighted by Crippen LogP contribution is 2.36. The molecule has 3 nitrogen and oxygen atoms in total. The lowest BCUT2D eigenvalue weighted by molar-refractivity contribution is 0.333. The lowest BCUT2D eigenvalue weighted by Crippen LogP contribution is -2.26. The Morgan fingerprint density at radius 3 is 2.65 bits per heavy atom. The normalized spacial score (nSPS) is 21.8. The molecule has 96 valence electrons. The zero-order chi connectivity index (χ0) is 12.5. The van der Waals surface area contributed by atoms with Crippen molar-refractivity contribution in [3.05, 3.63) is 11.4 Å². The highest BCUT2D eigenvalue weighted by atomic mass is 32.2. The third-order valence-corrected chi connectivity index (χ3v) is 4.43. The van der Waals surface area contributed by atoms with E-state index in [0.717, 1.165) is 6.42 Å². The van der Waals surface area contributed by atoms with E-state index in [-0.39, 0.29) is 5.54 Å². The molecule has 0 N–H and O–H groups in total. The number of rotatable bonds is 1. The van der Waals surface area contributed by atoms with Crippen molar-refractivity contribution in [3.63, 3.8) is 0 Å². The van der Waals surface area contributed by atoms with Gasteiger partial charge in [0, 0.05) is 0 Å². The molecule has 0 spiro atoms. The van der Waals surface area contributed by atoms with Crippen LogP contribution in [0.5, 0.6) is 0 Å². The van der Waals surface area contributed by atoms with Crippen LogP contribution < -0.4 is 0 Å². The van der Waals surface area contributed by atoms with Gasteiger partial charge < -0.3 is 0 Å². The molecule has 0 fully saturated rings. The molecule has 1 aliphatic carbocycles. The molecule has 0 radical (unpaired) electrons. The van der Waals surface area contributed by atoms with E-state index in [1.807, 2.05) is 11.8 Å². The molecule has 1 heterocycles. The average Bonchev–Trinajstić information content (AvgIpc) is 2.61. The van der Waals surface area contributed by atoms with Crippen molar-refractivity contribution >= 4 is 11.8 Å². The summed E-state index contributed by atoms with van der Waals surface area (Å²) in [5, 5.41) is 9.42. The van der Waals surface area contributed by atoms with Gasteiger partial charge in [-0.2, -0.15) is 11.8 Å². The maximum absolute atomic E-state index is 4.47. The number of thioether (sulfide) groups is 1. The lowest BCUT2D eigenvalue weighted by Gasteiger charge is -2.24. The van der Waals surface area contributed by atoms with E-state index in [4.69, 9.17) is 0 Å². The van der Waals surface area contributed by atoms with Crippen molar-refractivity contribution in [3.8, 4) is 0 Å². The number of hydrogen-bond donors (Lipinski definition) is 0. The monoisotopic (exact) mass is 253 g/mol. The van der Waals surface area contributed by atoms with Crippen LogP contribution in [0.25, 0.3) is 0 Å². The van der Waals surface area contributed by atoms with Crippen molar-refractivity contribution in [1.29, 1.82) is 0 Å². The van der Waals surface area contributed by atoms with E-state index in [1.54, 1.807) is 0 Å². The molecular weight excluding hydrogens is 230 g/mol. The average molecular weight is 253 g/mol. The molecule has 0 bridgehead atoms. The van der Waals surface area contributed by atoms with Gasteiger partial charge in [0.15, 0.2) is 0 Å². The molecule has 0 aromatic carbocycles. The second-order valence-electron chi connectivity index (χ2n) is 5.83. The summed E-state index contributed by atoms with van der Waals surface area (Å²) in [5.41, 5.74) is 2.66. The standard InChI is InChI=1S/C13H23N3S/c1-13(2,3)16-10-8-6-5-7-9-11(17-4)12(10)14-15-16/h11H,5-9H2,1-4H3. The molecule has 1 aromatic rings. The topological polar surface area (TPSA) is 30.7 Å². The summed E-state index contributed by atoms with van der Waals surface area (Å²) < 4.78 is 2.14. The summed E-state index contributed by atoms with van der Waals surface area (Å²) in [7, 11) is 0. The zero-order valence-electron chi connectivity index (χ0n) is 11.4. The maximum Gasteiger partial charge on any atom is 0.0988 e. The van der Waals surface area contributed by atoms with Gasteiger partial charge in [-0.15, -0.1) is 5.10 Å². The molecule has 1 unspecified atom stereocenters. The first-order chi connectivity index (χ1) is 8.04. The van der Waals surface area contributed by atoms with Crippen molar-refractivity contribution < 1.29 is 0 Å². The molecule has 0 aliphatic heterocycles. The van der Waals surface area contributed by atoms with Crippen molar-refractivity contribution in [2.24, 2.45) is 0 Å². The van der Waals surface area contributed by atoms with Gasteiger partial charge in [0.2, 0.25) is 0 Å². The quantitative estimate of drug-likeness (QED) is 0.767. The van der Waals surface area contributed by atoms with E-state index in [9.17, 15) is 0 Å². The van der Waals surface area contributed by atoms with Gasteiger partial charge in [-0.1, -0.05) is 18.1 Å². The highest BCUT2D eigenvalue weighted by Gasteiger charge is 2.27. The summed E-state index contributed by atoms with van der Waals surface area (Å²) in [6.45, 7) is 6.61. The smallest absolute Gasteiger partial charge is 0.0988 e. The first-order valence-corrected chi connectivity index (χ1v) is 7.80. The molecule has 0 amide bonds. The van der Waals surface area contributed by atoms with Crippen LogP contribution in [0.2, 0.25) is 0 Å². The van der Waals surface area contributed by atoms with Gasteiger partial charge in [-0.25, -0.2) is 4.68 Å². The molecule has 17 heavy (non-hydrogen) atoms. The minimum Gasteiger partial charge on any atom is -0.244 e. The molecule has 2 rings (SSSR count). The zero-order valence-corrected chi connectivity index (χ0v) is 12.2. The first kappa shape index (κ1) is 12.9. The van der Waals surface area contributed by atoms with Crippen LogP contribution in [0.1, 0.15) is 63.1 Å². The summed E-state index contributed by atoms with van der Waals surface area (Å²) in [4.78, 5) is 0. The molecule has 1 atom stereocenters. The predicted octanol–water partition coefficient (Wildman–Crippen LogP) is 3.55. The van der Waals surface area contributed by atoms with Gasteiger partial charge in [-0.05, 0) is 46.3 Å². The largest absolute Gasteiger partial charge is 0.244 e. The Bertz CT molecular complexity index is 379. The van der Waals surface area contributed by atoms with Crippen molar-refractivity contribution in [1.82, 2.24) is 15.0 Å². The van der Waals surface area contributed by atoms with Crippen molar-refractivity contribution in [2.45, 2.75) is 63.7 Å². The summed E-state index contributed by atoms with van der Waals surface area (Å²) in [6, 6.07) is 0. The van der Waals surface area contributed by atoms with Gasteiger partial charge in [0.05, 0.1) is 22.2 Å². The molecule has 1 aliphatic rings. The Labute approximate surface area is 108 Å². The van der Waals surface area contributed by atoms with E-state index in [2.05, 4.69) is 42.0 Å². The molecule has 0 saturated heterocycles. The molecule has 1 aromatic heterocycles. The number of nitrogens with zero attached hydrogens (tertiary/aromatic N) is 3. The van der Waals surface area contributed by atoms with Crippen LogP contribution >= 0.6 is 11.8 Å². The fourth-order valence-electron chi connectivity index (χ4n) is 2.50. The minimum absolute atomic E-state index is 0.0444. The Morgan fingerprint density at radius 1 is 1.24 bits per heavy atom. The third kappa shape index (κ3) is 2.67. The van der Waals surface area contributed by atoms with Crippen LogP contribution in [0.3, 0.4) is 0 Å². The summed E-state index contributed by atoms with van der Waals surface area (Å²) >= 11 is 1.92. The van der Waals surface area contributed by atoms with Crippen LogP contribution in [-0.4, -0.2) is 21.2 Å². The molecular formula is C13H23N3S. The second-order valence-corrected chi connectivity index (χ2v) is 6.87. The Hall–Kier alpha value is -0.510. The number of aromatic nitrogens is 3. The predicted molar refractivity (Wildman–Crippen MR) is 73.4 cm³/mol. The molecule has 0 saturated carbocycles. The summed E-state index contributed by atoms with van der Waals surface area (Å²) in [6.07, 6.45) is 8.51. The van der Waals surface area contributed by atoms with E-state index in [0.29, 0.717) is 5.25 Å². The Morgan fingerprint density at radius 2 is 2.00 bits per heavy atom. The van der Waals surface area contributed by atoms with E-state index < -0.39 is 0 Å². The van der Waals surface area contributed by atoms with Crippen LogP contribution in [0.4, 0.5) is 0 Å². The Kier molecular flexibility index (Phi) is 3.81. The SMILES string of the molecule is CSC1CCCCCc2c1nnn2C(C)(C)C. The van der Waals surface area contributed by atoms with E-state index in [1.165, 1.54) is 37.1 Å². The number of fused-ring (bicyclic) bond motifs is 1. The minimum atomic E-state index is 0.0444. The van der Waals surface area contributed by atoms with Gasteiger partial charge in [0.1, 0.15) is 0 Å². The molecule has 4 heteroatoms. The number of hydrogen-bond acceptors (Lipinski definition) is 3. The fraction of sp³-hybridized carbons (Fsp3) is 0.846. The maximum atomic E-state index is 4.47. The van der Waals surface area contributed by atoms with Crippen LogP contribution in [-0.2, 0) is 12.0 Å². The van der Waals surface area contributed by atoms with Crippen LogP contribution in [0.15, 0.2) is 0 Å². The fourth-order valence-corrected chi connectivity index (χ4v) is 3.31. The van der Waals surface area contributed by atoms with Gasteiger partial charge in [0.25, 0.3) is 0 Å². The second kappa shape index (κ2) is 5.01. The summed E-state index contributed by atoms with van der Waals surface area (Å²) in [5.74, 6) is 0. The first-order valence-electron chi connectivity index (χ1n) is 6.52. The van der Waals surface area contributed by atoms with Gasteiger partial charge in [-0.3, -0.25) is 0 Å². The van der Waals surface area contributed by atoms with Gasteiger partial charge >= 0.3 is 0 Å². The Balaban J connectivity index is 2.41.